The molecule has 0 aliphatic rings. The Bertz CT molecular complexity index is 1210. The highest BCUT2D eigenvalue weighted by Gasteiger charge is 2.21. The van der Waals surface area contributed by atoms with Gasteiger partial charge in [0.15, 0.2) is 5.65 Å². The number of aryl methyl sites for hydroxylation is 1. The molecular formula is C22H23N4OP. The van der Waals surface area contributed by atoms with Gasteiger partial charge in [-0.05, 0) is 68.1 Å². The summed E-state index contributed by atoms with van der Waals surface area (Å²) in [5.74, 6) is 0. The van der Waals surface area contributed by atoms with Gasteiger partial charge in [-0.25, -0.2) is 15.0 Å². The largest absolute Gasteiger partial charge is 0.361 e. The van der Waals surface area contributed by atoms with Crippen molar-refractivity contribution in [3.8, 4) is 22.6 Å². The van der Waals surface area contributed by atoms with E-state index in [9.17, 15) is 4.57 Å². The molecule has 4 aromatic heterocycles. The Morgan fingerprint density at radius 1 is 1.07 bits per heavy atom. The molecule has 0 radical (unpaired) electrons. The van der Waals surface area contributed by atoms with Crippen molar-refractivity contribution in [1.29, 1.82) is 0 Å². The van der Waals surface area contributed by atoms with Crippen molar-refractivity contribution in [2.75, 3.05) is 13.3 Å². The molecule has 0 bridgehead atoms. The number of hydrogen-bond donors (Lipinski definition) is 1. The molecule has 4 heterocycles. The number of nitrogens with zero attached hydrogens (tertiary/aromatic N) is 3. The second-order valence-corrected chi connectivity index (χ2v) is 10.4. The van der Waals surface area contributed by atoms with Crippen molar-refractivity contribution in [1.82, 2.24) is 19.9 Å². The third-order valence-corrected chi connectivity index (χ3v) is 6.38. The molecule has 0 spiro atoms. The van der Waals surface area contributed by atoms with E-state index in [2.05, 4.69) is 29.0 Å². The zero-order valence-electron chi connectivity index (χ0n) is 16.5. The molecule has 142 valence electrons. The maximum Gasteiger partial charge on any atom is 0.160 e. The van der Waals surface area contributed by atoms with E-state index < -0.39 is 7.14 Å². The zero-order chi connectivity index (χ0) is 19.9. The zero-order valence-corrected chi connectivity index (χ0v) is 17.4. The molecule has 4 aromatic rings. The van der Waals surface area contributed by atoms with Gasteiger partial charge in [0.1, 0.15) is 12.6 Å². The fraction of sp³-hybridized carbons (Fsp3) is 0.227. The molecule has 0 unspecified atom stereocenters. The minimum absolute atomic E-state index is 0.663. The SMILES string of the molecule is CCc1c(-c2ccc(C)c(P(C)(C)=O)n2)nc2ncccc2c1-c1ccc[nH]1. The Morgan fingerprint density at radius 3 is 2.57 bits per heavy atom. The third kappa shape index (κ3) is 3.16. The second-order valence-electron chi connectivity index (χ2n) is 7.31. The number of H-pyrrole nitrogens is 1. The summed E-state index contributed by atoms with van der Waals surface area (Å²) in [6.45, 7) is 7.58. The summed E-state index contributed by atoms with van der Waals surface area (Å²) in [7, 11) is -2.50. The standard InChI is InChI=1S/C22H23N4OP/c1-5-15-19(17-9-7-12-23-17)16-8-6-13-24-21(16)26-20(15)18-11-10-14(2)22(25-18)28(3,4)27/h6-13,23H,5H2,1-4H3. The topological polar surface area (TPSA) is 71.5 Å². The fourth-order valence-corrected chi connectivity index (χ4v) is 4.95. The third-order valence-electron chi connectivity index (χ3n) is 4.91. The van der Waals surface area contributed by atoms with Crippen LogP contribution >= 0.6 is 7.14 Å². The first kappa shape index (κ1) is 18.6. The summed E-state index contributed by atoms with van der Waals surface area (Å²) in [4.78, 5) is 17.5. The molecule has 6 heteroatoms. The summed E-state index contributed by atoms with van der Waals surface area (Å²) in [6.07, 6.45) is 4.47. The van der Waals surface area contributed by atoms with Gasteiger partial charge >= 0.3 is 0 Å². The maximum atomic E-state index is 12.7. The molecule has 0 saturated carbocycles. The van der Waals surface area contributed by atoms with Crippen LogP contribution in [0.1, 0.15) is 18.1 Å². The van der Waals surface area contributed by atoms with Gasteiger partial charge in [-0.1, -0.05) is 13.0 Å². The Hall–Kier alpha value is -2.78. The van der Waals surface area contributed by atoms with Crippen LogP contribution in [0.4, 0.5) is 0 Å². The second kappa shape index (κ2) is 6.99. The molecule has 0 atom stereocenters. The van der Waals surface area contributed by atoms with E-state index in [0.717, 1.165) is 45.6 Å². The van der Waals surface area contributed by atoms with E-state index in [1.54, 1.807) is 19.5 Å². The molecule has 0 saturated heterocycles. The lowest BCUT2D eigenvalue weighted by atomic mass is 9.96. The highest BCUT2D eigenvalue weighted by molar-refractivity contribution is 7.70. The molecule has 0 aliphatic carbocycles. The van der Waals surface area contributed by atoms with Gasteiger partial charge in [0.05, 0.1) is 11.4 Å². The van der Waals surface area contributed by atoms with E-state index >= 15 is 0 Å². The Kier molecular flexibility index (Phi) is 4.64. The normalized spacial score (nSPS) is 11.9. The van der Waals surface area contributed by atoms with Crippen LogP contribution in [0.15, 0.2) is 48.8 Å². The summed E-state index contributed by atoms with van der Waals surface area (Å²) < 4.78 is 12.7. The van der Waals surface area contributed by atoms with Crippen LogP contribution in [0.3, 0.4) is 0 Å². The van der Waals surface area contributed by atoms with Crippen molar-refractivity contribution in [3.05, 3.63) is 59.9 Å². The van der Waals surface area contributed by atoms with Crippen LogP contribution in [0.5, 0.6) is 0 Å². The molecule has 5 nitrogen and oxygen atoms in total. The summed E-state index contributed by atoms with van der Waals surface area (Å²) in [6, 6.07) is 12.0. The maximum absolute atomic E-state index is 12.7. The lowest BCUT2D eigenvalue weighted by molar-refractivity contribution is 0.587. The number of pyridine rings is 3. The Morgan fingerprint density at radius 2 is 1.89 bits per heavy atom. The van der Waals surface area contributed by atoms with Gasteiger partial charge in [-0.3, -0.25) is 0 Å². The number of rotatable bonds is 4. The van der Waals surface area contributed by atoms with E-state index in [4.69, 9.17) is 9.97 Å². The lowest BCUT2D eigenvalue weighted by Gasteiger charge is -2.17. The molecular weight excluding hydrogens is 367 g/mol. The molecule has 28 heavy (non-hydrogen) atoms. The van der Waals surface area contributed by atoms with E-state index in [0.29, 0.717) is 11.1 Å². The van der Waals surface area contributed by atoms with Gasteiger partial charge in [0.2, 0.25) is 0 Å². The van der Waals surface area contributed by atoms with E-state index in [-0.39, 0.29) is 0 Å². The van der Waals surface area contributed by atoms with Crippen LogP contribution in [-0.2, 0) is 11.0 Å². The number of aromatic nitrogens is 4. The van der Waals surface area contributed by atoms with Crippen molar-refractivity contribution >= 4 is 23.6 Å². The lowest BCUT2D eigenvalue weighted by Crippen LogP contribution is -2.14. The van der Waals surface area contributed by atoms with E-state index in [1.165, 1.54) is 0 Å². The summed E-state index contributed by atoms with van der Waals surface area (Å²) in [5, 5.41) is 1.01. The van der Waals surface area contributed by atoms with Gasteiger partial charge in [0, 0.05) is 29.0 Å². The highest BCUT2D eigenvalue weighted by atomic mass is 31.2. The minimum atomic E-state index is -2.50. The average Bonchev–Trinajstić information content (AvgIpc) is 3.20. The predicted molar refractivity (Wildman–Crippen MR) is 116 cm³/mol. The highest BCUT2D eigenvalue weighted by Crippen LogP contribution is 2.38. The van der Waals surface area contributed by atoms with Crippen LogP contribution in [-0.4, -0.2) is 33.3 Å². The van der Waals surface area contributed by atoms with Crippen LogP contribution in [0.2, 0.25) is 0 Å². The predicted octanol–water partition coefficient (Wildman–Crippen LogP) is 4.81. The van der Waals surface area contributed by atoms with Gasteiger partial charge < -0.3 is 9.55 Å². The number of aromatic amines is 1. The quantitative estimate of drug-likeness (QED) is 0.508. The molecule has 0 aliphatic heterocycles. The van der Waals surface area contributed by atoms with Gasteiger partial charge in [-0.15, -0.1) is 0 Å². The molecule has 0 aromatic carbocycles. The molecule has 0 amide bonds. The fourth-order valence-electron chi connectivity index (χ4n) is 3.68. The van der Waals surface area contributed by atoms with Crippen LogP contribution in [0.25, 0.3) is 33.7 Å². The van der Waals surface area contributed by atoms with Crippen LogP contribution < -0.4 is 5.44 Å². The summed E-state index contributed by atoms with van der Waals surface area (Å²) in [5.41, 5.74) is 7.06. The number of nitrogens with one attached hydrogen (secondary N) is 1. The van der Waals surface area contributed by atoms with Crippen molar-refractivity contribution in [2.24, 2.45) is 0 Å². The number of hydrogen-bond acceptors (Lipinski definition) is 4. The minimum Gasteiger partial charge on any atom is -0.361 e. The van der Waals surface area contributed by atoms with Crippen LogP contribution in [0, 0.1) is 6.92 Å². The first-order valence-electron chi connectivity index (χ1n) is 9.35. The van der Waals surface area contributed by atoms with Gasteiger partial charge in [0.25, 0.3) is 0 Å². The molecule has 4 rings (SSSR count). The number of fused-ring (bicyclic) bond motifs is 1. The molecule has 0 fully saturated rings. The smallest absolute Gasteiger partial charge is 0.160 e. The first-order chi connectivity index (χ1) is 13.4. The monoisotopic (exact) mass is 390 g/mol. The van der Waals surface area contributed by atoms with E-state index in [1.807, 2.05) is 37.4 Å². The van der Waals surface area contributed by atoms with Crippen molar-refractivity contribution in [2.45, 2.75) is 20.3 Å². The molecule has 1 N–H and O–H groups in total. The van der Waals surface area contributed by atoms with Crippen molar-refractivity contribution in [3.63, 3.8) is 0 Å². The first-order valence-corrected chi connectivity index (χ1v) is 11.9. The average molecular weight is 390 g/mol. The van der Waals surface area contributed by atoms with Crippen molar-refractivity contribution < 1.29 is 4.57 Å². The Balaban J connectivity index is 2.08. The summed E-state index contributed by atoms with van der Waals surface area (Å²) >= 11 is 0. The van der Waals surface area contributed by atoms with Gasteiger partial charge in [-0.2, -0.15) is 0 Å². The Labute approximate surface area is 164 Å².